The van der Waals surface area contributed by atoms with Crippen molar-refractivity contribution in [2.45, 2.75) is 13.3 Å². The van der Waals surface area contributed by atoms with Crippen LogP contribution in [0.5, 0.6) is 0 Å². The highest BCUT2D eigenvalue weighted by Gasteiger charge is 2.21. The van der Waals surface area contributed by atoms with Gasteiger partial charge >= 0.3 is 11.9 Å². The van der Waals surface area contributed by atoms with Gasteiger partial charge in [-0.05, 0) is 36.2 Å². The number of pyridine rings is 1. The van der Waals surface area contributed by atoms with Crippen LogP contribution < -0.4 is 0 Å². The van der Waals surface area contributed by atoms with E-state index in [0.29, 0.717) is 11.3 Å². The summed E-state index contributed by atoms with van der Waals surface area (Å²) in [5.74, 6) is -2.27. The summed E-state index contributed by atoms with van der Waals surface area (Å²) in [5, 5.41) is 18.5. The molecule has 0 amide bonds. The number of aromatic carboxylic acids is 2. The molecule has 0 unspecified atom stereocenters. The average Bonchev–Trinajstić information content (AvgIpc) is 2.39. The van der Waals surface area contributed by atoms with Gasteiger partial charge < -0.3 is 10.2 Å². The number of benzene rings is 1. The van der Waals surface area contributed by atoms with E-state index in [1.54, 1.807) is 31.3 Å². The first-order valence-electron chi connectivity index (χ1n) is 5.99. The van der Waals surface area contributed by atoms with Crippen molar-refractivity contribution < 1.29 is 19.8 Å². The number of aryl methyl sites for hydroxylation is 1. The van der Waals surface area contributed by atoms with Crippen molar-refractivity contribution in [3.05, 3.63) is 64.5 Å². The molecule has 2 aromatic rings. The van der Waals surface area contributed by atoms with Crippen LogP contribution in [-0.4, -0.2) is 27.1 Å². The van der Waals surface area contributed by atoms with Crippen LogP contribution in [0.4, 0.5) is 0 Å². The summed E-state index contributed by atoms with van der Waals surface area (Å²) < 4.78 is 0. The van der Waals surface area contributed by atoms with E-state index in [1.165, 1.54) is 12.1 Å². The van der Waals surface area contributed by atoms with Gasteiger partial charge in [0.1, 0.15) is 0 Å². The third-order valence-electron chi connectivity index (χ3n) is 3.05. The van der Waals surface area contributed by atoms with Gasteiger partial charge in [-0.1, -0.05) is 12.1 Å². The van der Waals surface area contributed by atoms with Gasteiger partial charge in [0.15, 0.2) is 0 Å². The Morgan fingerprint density at radius 2 is 1.85 bits per heavy atom. The van der Waals surface area contributed by atoms with E-state index in [9.17, 15) is 19.8 Å². The molecule has 0 aliphatic heterocycles. The highest BCUT2D eigenvalue weighted by atomic mass is 16.4. The van der Waals surface area contributed by atoms with Gasteiger partial charge in [0.2, 0.25) is 0 Å². The first-order valence-corrected chi connectivity index (χ1v) is 5.99. The predicted octanol–water partition coefficient (Wildman–Crippen LogP) is 2.38. The van der Waals surface area contributed by atoms with Crippen LogP contribution in [0.3, 0.4) is 0 Å². The molecule has 1 aromatic heterocycles. The second-order valence-corrected chi connectivity index (χ2v) is 4.39. The zero-order valence-corrected chi connectivity index (χ0v) is 10.8. The maximum absolute atomic E-state index is 11.4. The lowest BCUT2D eigenvalue weighted by Crippen LogP contribution is -2.12. The molecule has 0 aliphatic carbocycles. The van der Waals surface area contributed by atoms with E-state index in [2.05, 4.69) is 4.98 Å². The third kappa shape index (κ3) is 2.66. The Bertz CT molecular complexity index is 665. The number of carboxylic acid groups (broad SMARTS) is 2. The van der Waals surface area contributed by atoms with Gasteiger partial charge in [0.25, 0.3) is 0 Å². The van der Waals surface area contributed by atoms with Gasteiger partial charge in [-0.25, -0.2) is 9.59 Å². The molecule has 0 spiro atoms. The Morgan fingerprint density at radius 3 is 2.40 bits per heavy atom. The van der Waals surface area contributed by atoms with Gasteiger partial charge in [0.05, 0.1) is 11.1 Å². The minimum atomic E-state index is -1.14. The molecule has 0 bridgehead atoms. The number of carboxylic acids is 2. The third-order valence-corrected chi connectivity index (χ3v) is 3.05. The summed E-state index contributed by atoms with van der Waals surface area (Å²) in [4.78, 5) is 26.8. The minimum Gasteiger partial charge on any atom is -0.478 e. The summed E-state index contributed by atoms with van der Waals surface area (Å²) >= 11 is 0. The van der Waals surface area contributed by atoms with Crippen LogP contribution in [-0.2, 0) is 6.42 Å². The van der Waals surface area contributed by atoms with Crippen molar-refractivity contribution in [3.8, 4) is 0 Å². The fourth-order valence-corrected chi connectivity index (χ4v) is 2.13. The fraction of sp³-hybridized carbons (Fsp3) is 0.133. The predicted molar refractivity (Wildman–Crippen MR) is 72.1 cm³/mol. The molecule has 5 heteroatoms. The number of hydrogen-bond acceptors (Lipinski definition) is 3. The second-order valence-electron chi connectivity index (χ2n) is 4.39. The Morgan fingerprint density at radius 1 is 1.10 bits per heavy atom. The van der Waals surface area contributed by atoms with E-state index >= 15 is 0 Å². The molecule has 0 saturated heterocycles. The van der Waals surface area contributed by atoms with Crippen molar-refractivity contribution in [1.29, 1.82) is 0 Å². The average molecular weight is 271 g/mol. The number of nitrogens with zero attached hydrogens (tertiary/aromatic N) is 1. The Kier molecular flexibility index (Phi) is 3.79. The normalized spacial score (nSPS) is 10.2. The molecule has 20 heavy (non-hydrogen) atoms. The van der Waals surface area contributed by atoms with Gasteiger partial charge in [-0.2, -0.15) is 0 Å². The van der Waals surface area contributed by atoms with E-state index in [0.717, 1.165) is 0 Å². The summed E-state index contributed by atoms with van der Waals surface area (Å²) in [7, 11) is 0. The molecule has 0 saturated carbocycles. The van der Waals surface area contributed by atoms with Gasteiger partial charge in [-0.15, -0.1) is 0 Å². The quantitative estimate of drug-likeness (QED) is 0.891. The second kappa shape index (κ2) is 5.52. The lowest BCUT2D eigenvalue weighted by molar-refractivity contribution is 0.0695. The lowest BCUT2D eigenvalue weighted by Gasteiger charge is -2.12. The smallest absolute Gasteiger partial charge is 0.336 e. The van der Waals surface area contributed by atoms with Gasteiger partial charge in [-0.3, -0.25) is 4.98 Å². The number of aromatic nitrogens is 1. The zero-order chi connectivity index (χ0) is 14.7. The molecule has 0 fully saturated rings. The van der Waals surface area contributed by atoms with Crippen molar-refractivity contribution in [2.24, 2.45) is 0 Å². The molecule has 102 valence electrons. The fourth-order valence-electron chi connectivity index (χ4n) is 2.13. The number of rotatable bonds is 4. The topological polar surface area (TPSA) is 87.5 Å². The SMILES string of the molecule is Cc1ccc(C(=O)O)c(Cc2ccccn2)c1C(=O)O. The minimum absolute atomic E-state index is 0.00125. The van der Waals surface area contributed by atoms with Crippen LogP contribution in [0.2, 0.25) is 0 Å². The van der Waals surface area contributed by atoms with Crippen LogP contribution >= 0.6 is 0 Å². The van der Waals surface area contributed by atoms with Crippen molar-refractivity contribution in [1.82, 2.24) is 4.98 Å². The van der Waals surface area contributed by atoms with Crippen molar-refractivity contribution in [3.63, 3.8) is 0 Å². The van der Waals surface area contributed by atoms with Crippen LogP contribution in [0, 0.1) is 6.92 Å². The van der Waals surface area contributed by atoms with Crippen LogP contribution in [0.25, 0.3) is 0 Å². The molecule has 0 atom stereocenters. The molecular weight excluding hydrogens is 258 g/mol. The van der Waals surface area contributed by atoms with Crippen LogP contribution in [0.15, 0.2) is 36.5 Å². The lowest BCUT2D eigenvalue weighted by atomic mass is 9.93. The zero-order valence-electron chi connectivity index (χ0n) is 10.8. The molecule has 5 nitrogen and oxygen atoms in total. The Balaban J connectivity index is 2.61. The molecule has 1 heterocycles. The van der Waals surface area contributed by atoms with E-state index in [-0.39, 0.29) is 23.1 Å². The highest BCUT2D eigenvalue weighted by Crippen LogP contribution is 2.22. The van der Waals surface area contributed by atoms with Crippen molar-refractivity contribution >= 4 is 11.9 Å². The maximum atomic E-state index is 11.4. The van der Waals surface area contributed by atoms with Crippen molar-refractivity contribution in [2.75, 3.05) is 0 Å². The maximum Gasteiger partial charge on any atom is 0.336 e. The first-order chi connectivity index (χ1) is 9.50. The highest BCUT2D eigenvalue weighted by molar-refractivity contribution is 5.97. The van der Waals surface area contributed by atoms with Gasteiger partial charge in [0, 0.05) is 18.3 Å². The number of hydrogen-bond donors (Lipinski definition) is 2. The largest absolute Gasteiger partial charge is 0.478 e. The van der Waals surface area contributed by atoms with E-state index < -0.39 is 11.9 Å². The standard InChI is InChI=1S/C15H13NO4/c1-9-5-6-11(14(17)18)12(13(9)15(19)20)8-10-4-2-3-7-16-10/h2-7H,8H2,1H3,(H,17,18)(H,19,20). The first kappa shape index (κ1) is 13.7. The van der Waals surface area contributed by atoms with E-state index in [1.807, 2.05) is 0 Å². The molecule has 0 aliphatic rings. The Hall–Kier alpha value is -2.69. The summed E-state index contributed by atoms with van der Waals surface area (Å²) in [5.41, 5.74) is 1.48. The molecule has 2 rings (SSSR count). The molecule has 1 aromatic carbocycles. The summed E-state index contributed by atoms with van der Waals surface area (Å²) in [6.45, 7) is 1.65. The van der Waals surface area contributed by atoms with E-state index in [4.69, 9.17) is 0 Å². The summed E-state index contributed by atoms with van der Waals surface area (Å²) in [6, 6.07) is 8.20. The molecular formula is C15H13NO4. The number of carbonyl (C=O) groups is 2. The summed E-state index contributed by atoms with van der Waals surface area (Å²) in [6.07, 6.45) is 1.76. The monoisotopic (exact) mass is 271 g/mol. The molecule has 2 N–H and O–H groups in total. The van der Waals surface area contributed by atoms with Crippen LogP contribution in [0.1, 0.15) is 37.5 Å². The Labute approximate surface area is 115 Å². The molecule has 0 radical (unpaired) electrons.